The minimum Gasteiger partial charge on any atom is -0.366 e. The minimum absolute atomic E-state index is 0.257. The van der Waals surface area contributed by atoms with Gasteiger partial charge >= 0.3 is 0 Å². The number of hydrogen-bond donors (Lipinski definition) is 0. The summed E-state index contributed by atoms with van der Waals surface area (Å²) in [5, 5.41) is 0. The number of alkyl halides is 1. The van der Waals surface area contributed by atoms with E-state index >= 15 is 0 Å². The minimum atomic E-state index is -1.16. The van der Waals surface area contributed by atoms with Crippen molar-refractivity contribution in [2.24, 2.45) is 0 Å². The van der Waals surface area contributed by atoms with Crippen molar-refractivity contribution in [2.45, 2.75) is 17.4 Å². The molecule has 1 heterocycles. The topological polar surface area (TPSA) is 29.6 Å². The van der Waals surface area contributed by atoms with Gasteiger partial charge in [0, 0.05) is 4.90 Å². The van der Waals surface area contributed by atoms with Gasteiger partial charge in [0.1, 0.15) is 12.3 Å². The van der Waals surface area contributed by atoms with Crippen LogP contribution in [-0.2, 0) is 15.5 Å². The van der Waals surface area contributed by atoms with Gasteiger partial charge in [-0.2, -0.15) is 0 Å². The van der Waals surface area contributed by atoms with Crippen LogP contribution in [0, 0.1) is 6.92 Å². The molecule has 1 fully saturated rings. The third-order valence-corrected chi connectivity index (χ3v) is 4.06. The van der Waals surface area contributed by atoms with Gasteiger partial charge in [0.05, 0.1) is 23.2 Å². The summed E-state index contributed by atoms with van der Waals surface area (Å²) >= 11 is 0. The van der Waals surface area contributed by atoms with Crippen LogP contribution in [-0.4, -0.2) is 28.8 Å². The summed E-state index contributed by atoms with van der Waals surface area (Å²) in [5.41, 5.74) is 0.370. The summed E-state index contributed by atoms with van der Waals surface area (Å²) in [6.45, 7) is 1.81. The number of aryl methyl sites for hydroxylation is 1. The maximum absolute atomic E-state index is 12.5. The Kier molecular flexibility index (Phi) is 2.89. The van der Waals surface area contributed by atoms with Crippen LogP contribution in [0.25, 0.3) is 0 Å². The highest BCUT2D eigenvalue weighted by molar-refractivity contribution is 7.85. The Morgan fingerprint density at radius 1 is 1.47 bits per heavy atom. The van der Waals surface area contributed by atoms with Gasteiger partial charge in [0.15, 0.2) is 0 Å². The zero-order valence-electron chi connectivity index (χ0n) is 8.53. The molecule has 4 heteroatoms. The molecule has 1 aliphatic rings. The van der Waals surface area contributed by atoms with Gasteiger partial charge in [-0.1, -0.05) is 17.7 Å². The number of epoxide rings is 1. The summed E-state index contributed by atoms with van der Waals surface area (Å²) in [6, 6.07) is 7.45. The normalized spacial score (nSPS) is 26.3. The van der Waals surface area contributed by atoms with E-state index in [4.69, 9.17) is 4.74 Å². The first-order valence-electron chi connectivity index (χ1n) is 4.80. The number of ether oxygens (including phenoxy) is 1. The Hall–Kier alpha value is -0.740. The van der Waals surface area contributed by atoms with Crippen LogP contribution in [0.3, 0.4) is 0 Å². The molecule has 0 saturated carbocycles. The molecule has 1 aromatic rings. The Balaban J connectivity index is 2.05. The lowest BCUT2D eigenvalue weighted by atomic mass is 10.2. The lowest BCUT2D eigenvalue weighted by Crippen LogP contribution is -2.23. The molecule has 1 aliphatic heterocycles. The summed E-state index contributed by atoms with van der Waals surface area (Å²) in [5.74, 6) is 0.257. The van der Waals surface area contributed by atoms with Crippen molar-refractivity contribution in [3.05, 3.63) is 29.8 Å². The van der Waals surface area contributed by atoms with Gasteiger partial charge in [0.25, 0.3) is 0 Å². The van der Waals surface area contributed by atoms with E-state index in [1.807, 2.05) is 31.2 Å². The number of rotatable bonds is 4. The molecule has 0 bridgehead atoms. The van der Waals surface area contributed by atoms with Crippen molar-refractivity contribution in [3.63, 3.8) is 0 Å². The smallest absolute Gasteiger partial charge is 0.132 e. The van der Waals surface area contributed by atoms with E-state index in [1.165, 1.54) is 0 Å². The molecule has 2 rings (SSSR count). The molecule has 0 aromatic heterocycles. The van der Waals surface area contributed by atoms with Crippen LogP contribution in [0.15, 0.2) is 29.2 Å². The van der Waals surface area contributed by atoms with Gasteiger partial charge < -0.3 is 4.74 Å². The summed E-state index contributed by atoms with van der Waals surface area (Å²) < 4.78 is 29.3. The second-order valence-corrected chi connectivity index (χ2v) is 5.36. The zero-order chi connectivity index (χ0) is 10.9. The lowest BCUT2D eigenvalue weighted by molar-refractivity contribution is 0.267. The fourth-order valence-electron chi connectivity index (χ4n) is 1.31. The van der Waals surface area contributed by atoms with Crippen LogP contribution in [0.4, 0.5) is 4.39 Å². The van der Waals surface area contributed by atoms with Crippen molar-refractivity contribution in [1.82, 2.24) is 0 Å². The number of hydrogen-bond acceptors (Lipinski definition) is 2. The predicted octanol–water partition coefficient (Wildman–Crippen LogP) is 1.84. The maximum atomic E-state index is 12.5. The first kappa shape index (κ1) is 10.8. The zero-order valence-corrected chi connectivity index (χ0v) is 9.35. The molecule has 0 spiro atoms. The molecule has 15 heavy (non-hydrogen) atoms. The van der Waals surface area contributed by atoms with E-state index < -0.39 is 23.1 Å². The molecule has 1 aromatic carbocycles. The van der Waals surface area contributed by atoms with Gasteiger partial charge in [-0.25, -0.2) is 4.39 Å². The third kappa shape index (κ3) is 2.44. The second kappa shape index (κ2) is 4.02. The Morgan fingerprint density at radius 3 is 2.53 bits per heavy atom. The first-order valence-corrected chi connectivity index (χ1v) is 6.12. The standard InChI is InChI=1S/C11H13FO2S/c1-9-2-4-10(5-3-9)15(13)8-11(6-12)7-14-11/h2-5H,6-8H2,1H3/t11-,15-/m0/s1. The molecule has 0 amide bonds. The van der Waals surface area contributed by atoms with Gasteiger partial charge in [0.2, 0.25) is 0 Å². The molecule has 0 radical (unpaired) electrons. The van der Waals surface area contributed by atoms with E-state index in [9.17, 15) is 8.60 Å². The fraction of sp³-hybridized carbons (Fsp3) is 0.455. The Labute approximate surface area is 90.9 Å². The summed E-state index contributed by atoms with van der Waals surface area (Å²) in [7, 11) is -1.16. The quantitative estimate of drug-likeness (QED) is 0.736. The molecule has 2 nitrogen and oxygen atoms in total. The van der Waals surface area contributed by atoms with Crippen molar-refractivity contribution in [3.8, 4) is 0 Å². The average Bonchev–Trinajstić information content (AvgIpc) is 2.99. The Morgan fingerprint density at radius 2 is 2.07 bits per heavy atom. The third-order valence-electron chi connectivity index (χ3n) is 2.47. The first-order chi connectivity index (χ1) is 7.15. The van der Waals surface area contributed by atoms with Crippen LogP contribution in [0.5, 0.6) is 0 Å². The van der Waals surface area contributed by atoms with Gasteiger partial charge in [-0.05, 0) is 19.1 Å². The highest BCUT2D eigenvalue weighted by Gasteiger charge is 2.46. The van der Waals surface area contributed by atoms with E-state index in [0.717, 1.165) is 10.5 Å². The highest BCUT2D eigenvalue weighted by Crippen LogP contribution is 2.29. The molecule has 2 atom stereocenters. The van der Waals surface area contributed by atoms with Crippen LogP contribution < -0.4 is 0 Å². The SMILES string of the molecule is Cc1ccc([S@@](=O)C[C@]2(CF)CO2)cc1. The van der Waals surface area contributed by atoms with Crippen molar-refractivity contribution < 1.29 is 13.3 Å². The summed E-state index contributed by atoms with van der Waals surface area (Å²) in [6.07, 6.45) is 0. The predicted molar refractivity (Wildman–Crippen MR) is 57.1 cm³/mol. The maximum Gasteiger partial charge on any atom is 0.132 e. The van der Waals surface area contributed by atoms with E-state index in [-0.39, 0.29) is 5.75 Å². The Bertz CT molecular complexity index is 371. The largest absolute Gasteiger partial charge is 0.366 e. The second-order valence-electron chi connectivity index (χ2n) is 3.91. The fourth-order valence-corrected chi connectivity index (χ4v) is 2.64. The monoisotopic (exact) mass is 228 g/mol. The molecule has 1 saturated heterocycles. The number of halogens is 1. The van der Waals surface area contributed by atoms with Crippen molar-refractivity contribution in [2.75, 3.05) is 19.0 Å². The van der Waals surface area contributed by atoms with Gasteiger partial charge in [-0.3, -0.25) is 4.21 Å². The molecular weight excluding hydrogens is 215 g/mol. The average molecular weight is 228 g/mol. The van der Waals surface area contributed by atoms with Crippen molar-refractivity contribution >= 4 is 10.8 Å². The van der Waals surface area contributed by atoms with E-state index in [0.29, 0.717) is 6.61 Å². The van der Waals surface area contributed by atoms with Crippen LogP contribution >= 0.6 is 0 Å². The summed E-state index contributed by atoms with van der Waals surface area (Å²) in [4.78, 5) is 0.740. The van der Waals surface area contributed by atoms with Crippen molar-refractivity contribution in [1.29, 1.82) is 0 Å². The van der Waals surface area contributed by atoms with Crippen LogP contribution in [0.2, 0.25) is 0 Å². The van der Waals surface area contributed by atoms with E-state index in [2.05, 4.69) is 0 Å². The van der Waals surface area contributed by atoms with E-state index in [1.54, 1.807) is 0 Å². The molecule has 0 unspecified atom stereocenters. The van der Waals surface area contributed by atoms with Crippen LogP contribution in [0.1, 0.15) is 5.56 Å². The molecular formula is C11H13FO2S. The highest BCUT2D eigenvalue weighted by atomic mass is 32.2. The lowest BCUT2D eigenvalue weighted by Gasteiger charge is -2.07. The number of benzene rings is 1. The molecule has 0 N–H and O–H groups in total. The molecule has 82 valence electrons. The molecule has 0 aliphatic carbocycles. The van der Waals surface area contributed by atoms with Gasteiger partial charge in [-0.15, -0.1) is 0 Å².